The van der Waals surface area contributed by atoms with E-state index in [2.05, 4.69) is 124 Å². The zero-order valence-electron chi connectivity index (χ0n) is 68.4. The molecule has 0 saturated carbocycles. The summed E-state index contributed by atoms with van der Waals surface area (Å²) >= 11 is 0. The summed E-state index contributed by atoms with van der Waals surface area (Å²) in [7, 11) is 0. The smallest absolute Gasteiger partial charge is 0.251 e. The molecule has 16 rings (SSSR count). The van der Waals surface area contributed by atoms with Crippen LogP contribution in [-0.2, 0) is 30.4 Å². The monoisotopic (exact) mass is 1630 g/mol. The van der Waals surface area contributed by atoms with Crippen LogP contribution in [-0.4, -0.2) is 140 Å². The van der Waals surface area contributed by atoms with Crippen LogP contribution in [0.25, 0.3) is 5.69 Å². The molecule has 0 bridgehead atoms. The molecule has 22 nitrogen and oxygen atoms in total. The van der Waals surface area contributed by atoms with E-state index in [0.29, 0.717) is 78.7 Å². The average molecular weight is 1630 g/mol. The number of nitrogens with zero attached hydrogens (tertiary/aromatic N) is 8. The highest BCUT2D eigenvalue weighted by Gasteiger charge is 2.20. The van der Waals surface area contributed by atoms with Crippen molar-refractivity contribution in [3.05, 3.63) is 382 Å². The van der Waals surface area contributed by atoms with Gasteiger partial charge in [-0.25, -0.2) is 4.98 Å². The summed E-state index contributed by atoms with van der Waals surface area (Å²) in [6.07, 6.45) is 29.3. The number of anilines is 2. The first kappa shape index (κ1) is 85.4. The van der Waals surface area contributed by atoms with Gasteiger partial charge in [0.1, 0.15) is 11.5 Å². The fourth-order valence-corrected chi connectivity index (χ4v) is 13.4. The molecule has 0 aliphatic carbocycles. The number of nitrogens with one attached hydrogen (secondary N) is 8. The molecule has 2 saturated heterocycles. The summed E-state index contributed by atoms with van der Waals surface area (Å²) in [5.74, 6) is 26.7. The Kier molecular flexibility index (Phi) is 32.4. The number of carbonyl (C=O) groups is 4. The maximum Gasteiger partial charge on any atom is 0.251 e. The van der Waals surface area contributed by atoms with E-state index in [1.807, 2.05) is 254 Å². The molecule has 14 aromatic rings. The molecule has 123 heavy (non-hydrogen) atoms. The second-order valence-electron chi connectivity index (χ2n) is 28.9. The van der Waals surface area contributed by atoms with Gasteiger partial charge in [-0.3, -0.25) is 39.6 Å². The Morgan fingerprint density at radius 1 is 0.366 bits per heavy atom. The number of rotatable bonds is 25. The Balaban J connectivity index is 0.000000141. The van der Waals surface area contributed by atoms with E-state index in [9.17, 15) is 19.2 Å². The van der Waals surface area contributed by atoms with Crippen molar-refractivity contribution in [2.75, 3.05) is 75.4 Å². The summed E-state index contributed by atoms with van der Waals surface area (Å²) < 4.78 is 13.4. The predicted molar refractivity (Wildman–Crippen MR) is 481 cm³/mol. The van der Waals surface area contributed by atoms with Gasteiger partial charge in [0.25, 0.3) is 23.6 Å². The fraction of sp³-hybridized carbons (Fsp3) is 0.198. The Morgan fingerprint density at radius 2 is 0.691 bits per heavy atom. The maximum atomic E-state index is 12.7. The van der Waals surface area contributed by atoms with Crippen molar-refractivity contribution in [3.8, 4) is 64.5 Å². The van der Waals surface area contributed by atoms with Gasteiger partial charge >= 0.3 is 0 Å². The minimum absolute atomic E-state index is 0.0575. The Morgan fingerprint density at radius 3 is 1.04 bits per heavy atom. The lowest BCUT2D eigenvalue weighted by Gasteiger charge is -2.30. The first-order valence-electron chi connectivity index (χ1n) is 41.3. The van der Waals surface area contributed by atoms with Crippen LogP contribution in [0, 0.1) is 47.4 Å². The fourth-order valence-electron chi connectivity index (χ4n) is 13.4. The number of aromatic nitrogens is 10. The lowest BCUT2D eigenvalue weighted by molar-refractivity contribution is 0.0945. The second-order valence-corrected chi connectivity index (χ2v) is 28.9. The first-order chi connectivity index (χ1) is 60.7. The largest absolute Gasteiger partial charge is 0.456 e. The molecule has 2 fully saturated rings. The van der Waals surface area contributed by atoms with Crippen molar-refractivity contribution in [2.24, 2.45) is 0 Å². The van der Waals surface area contributed by atoms with E-state index in [1.54, 1.807) is 43.1 Å². The van der Waals surface area contributed by atoms with E-state index in [-0.39, 0.29) is 23.6 Å². The van der Waals surface area contributed by atoms with Gasteiger partial charge in [0.2, 0.25) is 0 Å². The third kappa shape index (κ3) is 27.3. The molecule has 2 aliphatic heterocycles. The van der Waals surface area contributed by atoms with Crippen LogP contribution in [0.4, 0.5) is 11.4 Å². The lowest BCUT2D eigenvalue weighted by Crippen LogP contribution is -2.36. The van der Waals surface area contributed by atoms with Gasteiger partial charge in [-0.1, -0.05) is 138 Å². The van der Waals surface area contributed by atoms with Crippen molar-refractivity contribution in [2.45, 2.75) is 64.2 Å². The van der Waals surface area contributed by atoms with E-state index >= 15 is 0 Å². The number of benzene rings is 9. The van der Waals surface area contributed by atoms with Crippen molar-refractivity contribution in [1.82, 2.24) is 71.6 Å². The highest BCUT2D eigenvalue weighted by Crippen LogP contribution is 2.29. The minimum Gasteiger partial charge on any atom is -0.456 e. The second kappa shape index (κ2) is 46.6. The molecule has 22 heteroatoms. The van der Waals surface area contributed by atoms with Gasteiger partial charge in [0.05, 0.1) is 67.0 Å². The summed E-state index contributed by atoms with van der Waals surface area (Å²) in [6.45, 7) is 7.53. The maximum absolute atomic E-state index is 12.7. The molecule has 0 atom stereocenters. The summed E-state index contributed by atoms with van der Waals surface area (Å²) in [5.41, 5.74) is 16.9. The van der Waals surface area contributed by atoms with E-state index in [4.69, 9.17) is 9.47 Å². The number of imidazole rings is 1. The van der Waals surface area contributed by atoms with E-state index in [1.165, 1.54) is 12.8 Å². The van der Waals surface area contributed by atoms with E-state index < -0.39 is 0 Å². The standard InChI is InChI=1S/C27H23N3O2.C25H26N4O2.C25H26N4O.C24H21N5O/c31-27(28-17-7-10-22-19-29-30-20-22)24-15-16-26(32-25-11-5-2-6-12-25)23(18-24)14-13-21-8-3-1-4-9-21;30-25(26-12-4-7-21-18-27-28-19-21)23-10-11-24(29-13-15-31-16-14-29)22(17-23)9-8-20-5-2-1-3-6-20;30-25(26-14-6-9-21-18-27-28-19-21)23-12-13-24(29-15-4-5-16-29)22(17-23)11-10-20-7-2-1-3-8-20;30-24(26-12-4-7-20-16-27-28-17-20)22-10-11-23(29-14-13-25-18-29)21(15-22)9-8-19-5-2-1-3-6-19/h1-6,8-9,11-12,15-16,18-20H,7,10,17H2,(H,28,31)(H,29,30);1-3,5-6,10-11,17-19H,4,7,12-16H2,(H,26,30)(H,27,28);1-3,7-8,12-13,17-19H,4-6,9,14-16H2,(H,26,30)(H,27,28);1-3,5-6,10-11,13-18H,4,7,12H2,(H,26,30)(H,27,28). The van der Waals surface area contributed by atoms with Crippen LogP contribution in [0.1, 0.15) is 147 Å². The van der Waals surface area contributed by atoms with Gasteiger partial charge in [-0.05, 0) is 220 Å². The number of H-pyrrole nitrogens is 4. The van der Waals surface area contributed by atoms with Crippen LogP contribution in [0.3, 0.4) is 0 Å². The van der Waals surface area contributed by atoms with Crippen molar-refractivity contribution >= 4 is 35.0 Å². The molecule has 8 N–H and O–H groups in total. The highest BCUT2D eigenvalue weighted by molar-refractivity contribution is 5.97. The number of amides is 4. The molecule has 0 radical (unpaired) electrons. The Labute approximate surface area is 717 Å². The quantitative estimate of drug-likeness (QED) is 0.0196. The average Bonchev–Trinajstić information content (AvgIpc) is 1.80. The Bertz CT molecular complexity index is 5890. The molecule has 5 aromatic heterocycles. The summed E-state index contributed by atoms with van der Waals surface area (Å²) in [6, 6.07) is 71.4. The summed E-state index contributed by atoms with van der Waals surface area (Å²) in [4.78, 5) is 59.4. The number of carbonyl (C=O) groups excluding carboxylic acids is 4. The third-order valence-corrected chi connectivity index (χ3v) is 20.0. The molecule has 2 aliphatic rings. The van der Waals surface area contributed by atoms with Gasteiger partial charge in [-0.2, -0.15) is 20.4 Å². The van der Waals surface area contributed by atoms with Crippen LogP contribution in [0.2, 0.25) is 0 Å². The zero-order valence-corrected chi connectivity index (χ0v) is 68.4. The highest BCUT2D eigenvalue weighted by atomic mass is 16.5. The van der Waals surface area contributed by atoms with E-state index in [0.717, 1.165) is 156 Å². The van der Waals surface area contributed by atoms with Gasteiger partial charge in [0.15, 0.2) is 0 Å². The van der Waals surface area contributed by atoms with Gasteiger partial charge in [-0.15, -0.1) is 0 Å². The van der Waals surface area contributed by atoms with Crippen molar-refractivity contribution in [3.63, 3.8) is 0 Å². The number of aryl methyl sites for hydroxylation is 4. The Hall–Kier alpha value is -15.5. The zero-order chi connectivity index (χ0) is 84.5. The molecule has 7 heterocycles. The molecule has 616 valence electrons. The number of ether oxygens (including phenoxy) is 2. The number of hydrogen-bond acceptors (Lipinski definition) is 13. The number of para-hydroxylation sites is 1. The predicted octanol–water partition coefficient (Wildman–Crippen LogP) is 15.1. The lowest BCUT2D eigenvalue weighted by atomic mass is 10.1. The number of aromatic amines is 4. The molecular formula is C101H96N16O6. The van der Waals surface area contributed by atoms with Crippen LogP contribution >= 0.6 is 0 Å². The van der Waals surface area contributed by atoms with Gasteiger partial charge in [0, 0.05) is 151 Å². The first-order valence-corrected chi connectivity index (χ1v) is 41.3. The summed E-state index contributed by atoms with van der Waals surface area (Å²) in [5, 5.41) is 38.9. The number of morpholine rings is 1. The van der Waals surface area contributed by atoms with Crippen LogP contribution in [0.15, 0.2) is 293 Å². The topological polar surface area (TPSA) is 274 Å². The normalized spacial score (nSPS) is 11.7. The SMILES string of the molecule is O=C(NCCCc1cn[nH]c1)c1ccc(-n2ccnc2)c(C#Cc2ccccc2)c1.O=C(NCCCc1cn[nH]c1)c1ccc(N2CCCC2)c(C#Cc2ccccc2)c1.O=C(NCCCc1cn[nH]c1)c1ccc(N2CCOCC2)c(C#Cc2ccccc2)c1.O=C(NCCCc1cn[nH]c1)c1ccc(Oc2ccccc2)c(C#Cc2ccccc2)c1. The number of hydrogen-bond donors (Lipinski definition) is 8. The van der Waals surface area contributed by atoms with Crippen molar-refractivity contribution < 1.29 is 28.7 Å². The van der Waals surface area contributed by atoms with Gasteiger partial charge < -0.3 is 45.1 Å². The van der Waals surface area contributed by atoms with Crippen molar-refractivity contribution in [1.29, 1.82) is 0 Å². The van der Waals surface area contributed by atoms with Crippen LogP contribution in [0.5, 0.6) is 11.5 Å². The third-order valence-electron chi connectivity index (χ3n) is 20.0. The molecule has 0 unspecified atom stereocenters. The minimum atomic E-state index is -0.133. The molecular weight excluding hydrogens is 1530 g/mol. The molecule has 9 aromatic carbocycles. The molecule has 0 spiro atoms. The van der Waals surface area contributed by atoms with Crippen LogP contribution < -0.4 is 35.8 Å². The molecule has 4 amide bonds.